The third-order valence-corrected chi connectivity index (χ3v) is 4.61. The number of hydrogen-bond donors (Lipinski definition) is 2. The first kappa shape index (κ1) is 16.0. The van der Waals surface area contributed by atoms with Crippen molar-refractivity contribution in [1.82, 2.24) is 15.3 Å². The fraction of sp³-hybridized carbons (Fsp3) is 0.583. The van der Waals surface area contributed by atoms with E-state index in [0.717, 1.165) is 0 Å². The average molecular weight is 333 g/mol. The van der Waals surface area contributed by atoms with Crippen molar-refractivity contribution < 1.29 is 13.7 Å². The number of nitrogens with one attached hydrogen (secondary N) is 2. The summed E-state index contributed by atoms with van der Waals surface area (Å²) >= 11 is 5.90. The number of hydrogen-bond acceptors (Lipinski definition) is 6. The Balaban J connectivity index is 2.19. The summed E-state index contributed by atoms with van der Waals surface area (Å²) in [7, 11) is 0.177. The van der Waals surface area contributed by atoms with Crippen LogP contribution >= 0.6 is 11.6 Å². The van der Waals surface area contributed by atoms with Gasteiger partial charge < -0.3 is 15.4 Å². The number of carbonyl (C=O) groups excluding carboxylic acids is 1. The average Bonchev–Trinajstić information content (AvgIpc) is 2.77. The Kier molecular flexibility index (Phi) is 4.67. The summed E-state index contributed by atoms with van der Waals surface area (Å²) in [5, 5.41) is 5.90. The summed E-state index contributed by atoms with van der Waals surface area (Å²) in [5.74, 6) is 0.984. The second kappa shape index (κ2) is 6.15. The molecule has 0 saturated heterocycles. The van der Waals surface area contributed by atoms with Crippen molar-refractivity contribution in [3.05, 3.63) is 11.0 Å². The molecule has 0 aliphatic carbocycles. The van der Waals surface area contributed by atoms with Gasteiger partial charge in [-0.3, -0.25) is 4.21 Å². The van der Waals surface area contributed by atoms with E-state index in [9.17, 15) is 9.00 Å². The summed E-state index contributed by atoms with van der Waals surface area (Å²) in [6, 6.07) is 0. The monoisotopic (exact) mass is 332 g/mol. The van der Waals surface area contributed by atoms with Gasteiger partial charge in [-0.1, -0.05) is 0 Å². The molecular formula is C12H17ClN4O3S. The smallest absolute Gasteiger partial charge is 0.406 e. The minimum absolute atomic E-state index is 0.117. The Bertz CT molecular complexity index is 594. The third-order valence-electron chi connectivity index (χ3n) is 2.98. The lowest BCUT2D eigenvalue weighted by Crippen LogP contribution is -2.44. The number of nitrogens with zero attached hydrogens (tertiary/aromatic N) is 2. The van der Waals surface area contributed by atoms with Crippen LogP contribution in [0.4, 0.5) is 10.6 Å². The lowest BCUT2D eigenvalue weighted by molar-refractivity contribution is 0.169. The molecule has 0 saturated carbocycles. The highest BCUT2D eigenvalue weighted by atomic mass is 35.5. The maximum atomic E-state index is 12.1. The molecule has 116 valence electrons. The third kappa shape index (κ3) is 3.82. The summed E-state index contributed by atoms with van der Waals surface area (Å²) in [5.41, 5.74) is 0.194. The van der Waals surface area contributed by atoms with Gasteiger partial charge in [-0.15, -0.1) is 0 Å². The number of amides is 1. The molecule has 0 radical (unpaired) electrons. The van der Waals surface area contributed by atoms with Crippen LogP contribution in [0.1, 0.15) is 19.5 Å². The molecule has 21 heavy (non-hydrogen) atoms. The number of alkyl carbamates (subject to hydrolysis) is 1. The highest BCUT2D eigenvalue weighted by Crippen LogP contribution is 2.30. The van der Waals surface area contributed by atoms with Crippen molar-refractivity contribution in [3.63, 3.8) is 0 Å². The summed E-state index contributed by atoms with van der Waals surface area (Å²) in [6.07, 6.45) is 0.110. The van der Waals surface area contributed by atoms with Crippen molar-refractivity contribution >= 4 is 34.3 Å². The predicted molar refractivity (Wildman–Crippen MR) is 80.1 cm³/mol. The Morgan fingerprint density at radius 1 is 1.48 bits per heavy atom. The standard InChI is InChI=1S/C12H17ClN4O3S/c1-12(2,6-14-11(18)20-3)17-9-8-7(4-5-21(8)19)15-10(13)16-9/h4-6H2,1-3H3,(H,14,18)(H,15,16,17)/t21-/m1/s1. The van der Waals surface area contributed by atoms with Gasteiger partial charge in [0.2, 0.25) is 5.28 Å². The van der Waals surface area contributed by atoms with Crippen molar-refractivity contribution in [2.24, 2.45) is 0 Å². The lowest BCUT2D eigenvalue weighted by atomic mass is 10.1. The molecule has 1 aliphatic heterocycles. The van der Waals surface area contributed by atoms with Gasteiger partial charge >= 0.3 is 6.09 Å². The Labute approximate surface area is 130 Å². The largest absolute Gasteiger partial charge is 0.453 e. The van der Waals surface area contributed by atoms with E-state index in [2.05, 4.69) is 25.3 Å². The second-order valence-electron chi connectivity index (χ2n) is 5.27. The fourth-order valence-corrected chi connectivity index (χ4v) is 3.47. The van der Waals surface area contributed by atoms with E-state index in [-0.39, 0.29) is 5.28 Å². The van der Waals surface area contributed by atoms with Crippen molar-refractivity contribution in [2.75, 3.05) is 24.7 Å². The molecule has 7 nitrogen and oxygen atoms in total. The molecule has 1 aromatic heterocycles. The zero-order chi connectivity index (χ0) is 15.6. The van der Waals surface area contributed by atoms with Crippen LogP contribution in [0.3, 0.4) is 0 Å². The zero-order valence-corrected chi connectivity index (χ0v) is 13.6. The van der Waals surface area contributed by atoms with Crippen molar-refractivity contribution in [1.29, 1.82) is 0 Å². The SMILES string of the molecule is COC(=O)NCC(C)(C)Nc1nc(Cl)nc2c1[S@](=O)CC2. The molecule has 0 aromatic carbocycles. The number of ether oxygens (including phenoxy) is 1. The fourth-order valence-electron chi connectivity index (χ4n) is 1.98. The Morgan fingerprint density at radius 3 is 2.86 bits per heavy atom. The van der Waals surface area contributed by atoms with Gasteiger partial charge in [0.1, 0.15) is 10.7 Å². The van der Waals surface area contributed by atoms with E-state index in [1.165, 1.54) is 7.11 Å². The molecule has 0 fully saturated rings. The molecular weight excluding hydrogens is 316 g/mol. The van der Waals surface area contributed by atoms with Crippen LogP contribution in [-0.2, 0) is 22.0 Å². The van der Waals surface area contributed by atoms with Crippen LogP contribution < -0.4 is 10.6 Å². The van der Waals surface area contributed by atoms with Crippen LogP contribution in [0, 0.1) is 0 Å². The van der Waals surface area contributed by atoms with Gasteiger partial charge in [-0.2, -0.15) is 4.98 Å². The Hall–Kier alpha value is -1.41. The van der Waals surface area contributed by atoms with Crippen LogP contribution in [0.2, 0.25) is 5.28 Å². The lowest BCUT2D eigenvalue weighted by Gasteiger charge is -2.27. The van der Waals surface area contributed by atoms with Gasteiger partial charge in [0, 0.05) is 18.7 Å². The molecule has 0 bridgehead atoms. The molecule has 1 amide bonds. The number of methoxy groups -OCH3 is 1. The number of aryl methyl sites for hydroxylation is 1. The predicted octanol–water partition coefficient (Wildman–Crippen LogP) is 1.34. The van der Waals surface area contributed by atoms with Crippen molar-refractivity contribution in [3.8, 4) is 0 Å². The van der Waals surface area contributed by atoms with E-state index >= 15 is 0 Å². The number of halogens is 1. The van der Waals surface area contributed by atoms with Crippen molar-refractivity contribution in [2.45, 2.75) is 30.7 Å². The summed E-state index contributed by atoms with van der Waals surface area (Å²) in [4.78, 5) is 20.0. The summed E-state index contributed by atoms with van der Waals surface area (Å²) in [6.45, 7) is 4.06. The highest BCUT2D eigenvalue weighted by molar-refractivity contribution is 7.85. The van der Waals surface area contributed by atoms with Gasteiger partial charge in [0.05, 0.1) is 29.1 Å². The maximum Gasteiger partial charge on any atom is 0.406 e. The quantitative estimate of drug-likeness (QED) is 0.808. The van der Waals surface area contributed by atoms with E-state index in [0.29, 0.717) is 35.1 Å². The Morgan fingerprint density at radius 2 is 2.19 bits per heavy atom. The molecule has 1 atom stereocenters. The van der Waals surface area contributed by atoms with Crippen LogP contribution in [0.15, 0.2) is 4.90 Å². The zero-order valence-electron chi connectivity index (χ0n) is 12.0. The molecule has 9 heteroatoms. The molecule has 1 aliphatic rings. The number of fused-ring (bicyclic) bond motifs is 1. The van der Waals surface area contributed by atoms with E-state index in [1.54, 1.807) is 0 Å². The first-order chi connectivity index (χ1) is 9.82. The topological polar surface area (TPSA) is 93.2 Å². The molecule has 0 spiro atoms. The number of rotatable bonds is 4. The van der Waals surface area contributed by atoms with Crippen LogP contribution in [0.5, 0.6) is 0 Å². The first-order valence-electron chi connectivity index (χ1n) is 6.37. The normalized spacial score (nSPS) is 17.2. The van der Waals surface area contributed by atoms with E-state index in [4.69, 9.17) is 11.6 Å². The maximum absolute atomic E-state index is 12.1. The summed E-state index contributed by atoms with van der Waals surface area (Å²) < 4.78 is 16.6. The van der Waals surface area contributed by atoms with E-state index in [1.807, 2.05) is 13.8 Å². The second-order valence-corrected chi connectivity index (χ2v) is 7.12. The molecule has 1 aromatic rings. The molecule has 2 heterocycles. The van der Waals surface area contributed by atoms with Gasteiger partial charge in [-0.05, 0) is 25.4 Å². The van der Waals surface area contributed by atoms with Gasteiger partial charge in [0.15, 0.2) is 0 Å². The molecule has 0 unspecified atom stereocenters. The molecule has 2 N–H and O–H groups in total. The minimum atomic E-state index is -1.12. The van der Waals surface area contributed by atoms with E-state index < -0.39 is 22.4 Å². The molecule has 2 rings (SSSR count). The van der Waals surface area contributed by atoms with Gasteiger partial charge in [0.25, 0.3) is 0 Å². The number of aromatic nitrogens is 2. The van der Waals surface area contributed by atoms with Gasteiger partial charge in [-0.25, -0.2) is 9.78 Å². The van der Waals surface area contributed by atoms with Crippen LogP contribution in [0.25, 0.3) is 0 Å². The number of anilines is 1. The minimum Gasteiger partial charge on any atom is -0.453 e. The highest BCUT2D eigenvalue weighted by Gasteiger charge is 2.29. The van der Waals surface area contributed by atoms with Crippen LogP contribution in [-0.4, -0.2) is 45.2 Å². The first-order valence-corrected chi connectivity index (χ1v) is 8.07. The number of carbonyl (C=O) groups is 1.